The summed E-state index contributed by atoms with van der Waals surface area (Å²) in [5.74, 6) is 1.48. The summed E-state index contributed by atoms with van der Waals surface area (Å²) in [6, 6.07) is 8.00. The second-order valence-electron chi connectivity index (χ2n) is 5.57. The first-order valence-corrected chi connectivity index (χ1v) is 7.51. The third-order valence-corrected chi connectivity index (χ3v) is 4.12. The van der Waals surface area contributed by atoms with E-state index in [0.717, 1.165) is 56.0 Å². The van der Waals surface area contributed by atoms with E-state index < -0.39 is 0 Å². The minimum Gasteiger partial charge on any atom is -0.494 e. The van der Waals surface area contributed by atoms with Crippen molar-refractivity contribution < 1.29 is 9.53 Å². The molecule has 3 fully saturated rings. The predicted octanol–water partition coefficient (Wildman–Crippen LogP) is 3.11. The van der Waals surface area contributed by atoms with E-state index in [9.17, 15) is 4.79 Å². The molecule has 3 aliphatic rings. The van der Waals surface area contributed by atoms with Crippen molar-refractivity contribution in [2.45, 2.75) is 26.2 Å². The molecule has 3 aliphatic heterocycles. The van der Waals surface area contributed by atoms with E-state index in [1.807, 2.05) is 30.3 Å². The maximum Gasteiger partial charge on any atom is 0.182 e. The van der Waals surface area contributed by atoms with Crippen molar-refractivity contribution in [2.75, 3.05) is 19.7 Å². The monoisotopic (exact) mass is 271 g/mol. The lowest BCUT2D eigenvalue weighted by Crippen LogP contribution is -2.45. The van der Waals surface area contributed by atoms with Gasteiger partial charge in [-0.3, -0.25) is 4.79 Å². The number of ether oxygens (including phenoxy) is 1. The number of nitrogens with zero attached hydrogens (tertiary/aromatic N) is 1. The molecule has 3 heteroatoms. The van der Waals surface area contributed by atoms with E-state index in [-0.39, 0.29) is 5.92 Å². The van der Waals surface area contributed by atoms with Crippen molar-refractivity contribution in [1.29, 1.82) is 0 Å². The third kappa shape index (κ3) is 2.58. The van der Waals surface area contributed by atoms with Gasteiger partial charge in [0.2, 0.25) is 0 Å². The lowest BCUT2D eigenvalue weighted by molar-refractivity contribution is -0.125. The molecule has 4 rings (SSSR count). The molecule has 1 aromatic carbocycles. The van der Waals surface area contributed by atoms with Gasteiger partial charge in [-0.15, -0.1) is 0 Å². The van der Waals surface area contributed by atoms with Crippen LogP contribution in [0.4, 0.5) is 0 Å². The van der Waals surface area contributed by atoms with E-state index in [1.165, 1.54) is 0 Å². The quantitative estimate of drug-likeness (QED) is 0.788. The van der Waals surface area contributed by atoms with Crippen molar-refractivity contribution in [2.24, 2.45) is 5.92 Å². The number of Topliss-reactive ketones (excluding diaryl/α,β-unsaturated/α-hetero) is 1. The number of carbonyl (C=O) groups excluding carboxylic acids is 1. The molecule has 0 spiro atoms. The van der Waals surface area contributed by atoms with E-state index >= 15 is 0 Å². The molecular weight excluding hydrogens is 250 g/mol. The van der Waals surface area contributed by atoms with Crippen LogP contribution in [0.5, 0.6) is 5.75 Å². The number of piperidine rings is 3. The van der Waals surface area contributed by atoms with Crippen molar-refractivity contribution >= 4 is 11.9 Å². The number of rotatable bonds is 4. The Morgan fingerprint density at radius 1 is 1.25 bits per heavy atom. The highest BCUT2D eigenvalue weighted by Crippen LogP contribution is 2.32. The number of benzene rings is 1. The normalized spacial score (nSPS) is 20.8. The highest BCUT2D eigenvalue weighted by Gasteiger charge is 2.36. The molecule has 0 saturated carbocycles. The average molecular weight is 271 g/mol. The predicted molar refractivity (Wildman–Crippen MR) is 79.5 cm³/mol. The molecule has 0 aliphatic carbocycles. The van der Waals surface area contributed by atoms with Crippen LogP contribution in [-0.2, 0) is 4.79 Å². The molecule has 106 valence electrons. The molecule has 20 heavy (non-hydrogen) atoms. The number of allylic oxidation sites excluding steroid dienone is 1. The summed E-state index contributed by atoms with van der Waals surface area (Å²) in [6.07, 6.45) is 5.09. The van der Waals surface area contributed by atoms with Crippen LogP contribution in [0.2, 0.25) is 0 Å². The number of fused-ring (bicyclic) bond motifs is 3. The minimum atomic E-state index is 0.262. The van der Waals surface area contributed by atoms with Crippen LogP contribution in [0.25, 0.3) is 6.08 Å². The molecule has 3 nitrogen and oxygen atoms in total. The Kier molecular flexibility index (Phi) is 3.77. The topological polar surface area (TPSA) is 29.5 Å². The molecule has 3 heterocycles. The SMILES string of the molecule is CCCOc1ccc(/C=C2\C(=O)C3CCN2CC3)cc1. The smallest absolute Gasteiger partial charge is 0.182 e. The first kappa shape index (κ1) is 13.2. The maximum atomic E-state index is 12.3. The molecule has 0 atom stereocenters. The average Bonchev–Trinajstić information content (AvgIpc) is 2.50. The molecule has 0 unspecified atom stereocenters. The van der Waals surface area contributed by atoms with E-state index in [2.05, 4.69) is 11.8 Å². The number of hydrogen-bond acceptors (Lipinski definition) is 3. The van der Waals surface area contributed by atoms with Crippen LogP contribution in [0.15, 0.2) is 30.0 Å². The zero-order chi connectivity index (χ0) is 13.9. The van der Waals surface area contributed by atoms with Gasteiger partial charge in [-0.05, 0) is 43.0 Å². The molecule has 2 bridgehead atoms. The number of ketones is 1. The Bertz CT molecular complexity index is 510. The maximum absolute atomic E-state index is 12.3. The zero-order valence-corrected chi connectivity index (χ0v) is 12.0. The lowest BCUT2D eigenvalue weighted by atomic mass is 9.84. The highest BCUT2D eigenvalue weighted by molar-refractivity contribution is 6.01. The molecule has 0 amide bonds. The second kappa shape index (κ2) is 5.70. The fraction of sp³-hybridized carbons (Fsp3) is 0.471. The van der Waals surface area contributed by atoms with Gasteiger partial charge in [0.1, 0.15) is 5.75 Å². The van der Waals surface area contributed by atoms with E-state index in [4.69, 9.17) is 4.74 Å². The largest absolute Gasteiger partial charge is 0.494 e. The summed E-state index contributed by atoms with van der Waals surface area (Å²) >= 11 is 0. The summed E-state index contributed by atoms with van der Waals surface area (Å²) < 4.78 is 5.57. The van der Waals surface area contributed by atoms with Gasteiger partial charge in [0.25, 0.3) is 0 Å². The fourth-order valence-corrected chi connectivity index (χ4v) is 2.95. The highest BCUT2D eigenvalue weighted by atomic mass is 16.5. The van der Waals surface area contributed by atoms with Crippen molar-refractivity contribution in [3.8, 4) is 5.75 Å². The van der Waals surface area contributed by atoms with Crippen LogP contribution in [-0.4, -0.2) is 30.4 Å². The molecule has 0 radical (unpaired) electrons. The van der Waals surface area contributed by atoms with Crippen LogP contribution in [0.3, 0.4) is 0 Å². The van der Waals surface area contributed by atoms with Crippen LogP contribution in [0.1, 0.15) is 31.7 Å². The fourth-order valence-electron chi connectivity index (χ4n) is 2.95. The van der Waals surface area contributed by atoms with E-state index in [0.29, 0.717) is 5.78 Å². The Morgan fingerprint density at radius 3 is 2.55 bits per heavy atom. The van der Waals surface area contributed by atoms with Crippen LogP contribution in [0, 0.1) is 5.92 Å². The van der Waals surface area contributed by atoms with Crippen molar-refractivity contribution in [3.05, 3.63) is 35.5 Å². The lowest BCUT2D eigenvalue weighted by Gasteiger charge is -2.41. The van der Waals surface area contributed by atoms with Gasteiger partial charge < -0.3 is 9.64 Å². The van der Waals surface area contributed by atoms with Gasteiger partial charge >= 0.3 is 0 Å². The summed E-state index contributed by atoms with van der Waals surface area (Å²) in [7, 11) is 0. The standard InChI is InChI=1S/C17H21NO2/c1-2-11-20-15-5-3-13(4-6-15)12-16-17(19)14-7-9-18(16)10-8-14/h3-6,12,14H,2,7-11H2,1H3/b16-12+. The Hall–Kier alpha value is -1.77. The summed E-state index contributed by atoms with van der Waals surface area (Å²) in [6.45, 7) is 4.89. The Balaban J connectivity index is 1.76. The van der Waals surface area contributed by atoms with Crippen molar-refractivity contribution in [1.82, 2.24) is 4.90 Å². The summed E-state index contributed by atoms with van der Waals surface area (Å²) in [5, 5.41) is 0. The first-order valence-electron chi connectivity index (χ1n) is 7.51. The van der Waals surface area contributed by atoms with Crippen LogP contribution >= 0.6 is 0 Å². The molecule has 1 aromatic rings. The van der Waals surface area contributed by atoms with Gasteiger partial charge in [0.15, 0.2) is 5.78 Å². The number of hydrogen-bond donors (Lipinski definition) is 0. The summed E-state index contributed by atoms with van der Waals surface area (Å²) in [4.78, 5) is 14.5. The van der Waals surface area contributed by atoms with Gasteiger partial charge in [0.05, 0.1) is 12.3 Å². The second-order valence-corrected chi connectivity index (χ2v) is 5.57. The molecule has 0 N–H and O–H groups in total. The Labute approximate surface area is 120 Å². The third-order valence-electron chi connectivity index (χ3n) is 4.12. The van der Waals surface area contributed by atoms with Crippen LogP contribution < -0.4 is 4.74 Å². The minimum absolute atomic E-state index is 0.262. The molecule has 3 saturated heterocycles. The van der Waals surface area contributed by atoms with Crippen molar-refractivity contribution in [3.63, 3.8) is 0 Å². The first-order chi connectivity index (χ1) is 9.78. The van der Waals surface area contributed by atoms with Gasteiger partial charge in [-0.25, -0.2) is 0 Å². The van der Waals surface area contributed by atoms with Gasteiger partial charge in [0, 0.05) is 19.0 Å². The zero-order valence-electron chi connectivity index (χ0n) is 12.0. The van der Waals surface area contributed by atoms with Gasteiger partial charge in [-0.2, -0.15) is 0 Å². The molecular formula is C17H21NO2. The van der Waals surface area contributed by atoms with Gasteiger partial charge in [-0.1, -0.05) is 19.1 Å². The van der Waals surface area contributed by atoms with E-state index in [1.54, 1.807) is 0 Å². The molecule has 0 aromatic heterocycles. The Morgan fingerprint density at radius 2 is 1.95 bits per heavy atom. The number of carbonyl (C=O) groups is 1. The summed E-state index contributed by atoms with van der Waals surface area (Å²) in [5.41, 5.74) is 1.97.